The van der Waals surface area contributed by atoms with Gasteiger partial charge in [-0.2, -0.15) is 0 Å². The first-order chi connectivity index (χ1) is 9.13. The van der Waals surface area contributed by atoms with Crippen LogP contribution in [0.2, 0.25) is 0 Å². The van der Waals surface area contributed by atoms with Crippen LogP contribution in [0.15, 0.2) is 24.4 Å². The molecule has 3 aromatic rings. The summed E-state index contributed by atoms with van der Waals surface area (Å²) in [6.07, 6.45) is 3.03. The Bertz CT molecular complexity index is 733. The summed E-state index contributed by atoms with van der Waals surface area (Å²) in [5, 5.41) is 0. The van der Waals surface area contributed by atoms with E-state index in [1.54, 1.807) is 0 Å². The van der Waals surface area contributed by atoms with Gasteiger partial charge in [0.25, 0.3) is 0 Å². The van der Waals surface area contributed by atoms with E-state index in [0.29, 0.717) is 12.5 Å². The van der Waals surface area contributed by atoms with Crippen molar-refractivity contribution in [3.05, 3.63) is 35.7 Å². The second-order valence-corrected chi connectivity index (χ2v) is 5.37. The minimum atomic E-state index is 0.483. The van der Waals surface area contributed by atoms with Gasteiger partial charge in [0.2, 0.25) is 5.78 Å². The minimum Gasteiger partial charge on any atom is -0.330 e. The van der Waals surface area contributed by atoms with Crippen molar-refractivity contribution in [2.75, 3.05) is 6.54 Å². The molecule has 4 nitrogen and oxygen atoms in total. The maximum Gasteiger partial charge on any atom is 0.214 e. The van der Waals surface area contributed by atoms with Crippen LogP contribution >= 0.6 is 0 Å². The van der Waals surface area contributed by atoms with E-state index in [0.717, 1.165) is 17.7 Å². The van der Waals surface area contributed by atoms with Gasteiger partial charge in [0.1, 0.15) is 0 Å². The van der Waals surface area contributed by atoms with Crippen molar-refractivity contribution in [1.82, 2.24) is 14.0 Å². The van der Waals surface area contributed by atoms with Gasteiger partial charge in [-0.05, 0) is 24.1 Å². The first-order valence-electron chi connectivity index (χ1n) is 6.78. The van der Waals surface area contributed by atoms with Gasteiger partial charge in [0, 0.05) is 25.4 Å². The Morgan fingerprint density at radius 1 is 1.32 bits per heavy atom. The number of rotatable bonds is 3. The van der Waals surface area contributed by atoms with Gasteiger partial charge >= 0.3 is 0 Å². The van der Waals surface area contributed by atoms with Crippen LogP contribution in [0.1, 0.15) is 31.0 Å². The summed E-state index contributed by atoms with van der Waals surface area (Å²) >= 11 is 0. The number of hydrogen-bond acceptors (Lipinski definition) is 2. The van der Waals surface area contributed by atoms with E-state index >= 15 is 0 Å². The van der Waals surface area contributed by atoms with E-state index in [9.17, 15) is 0 Å². The zero-order valence-electron chi connectivity index (χ0n) is 11.7. The lowest BCUT2D eigenvalue weighted by atomic mass is 10.0. The van der Waals surface area contributed by atoms with Crippen LogP contribution in [0.3, 0.4) is 0 Å². The van der Waals surface area contributed by atoms with E-state index in [-0.39, 0.29) is 0 Å². The number of hydrogen-bond donors (Lipinski definition) is 1. The molecule has 2 heterocycles. The summed E-state index contributed by atoms with van der Waals surface area (Å²) in [7, 11) is 2.06. The smallest absolute Gasteiger partial charge is 0.214 e. The Balaban J connectivity index is 2.32. The second-order valence-electron chi connectivity index (χ2n) is 5.37. The van der Waals surface area contributed by atoms with Gasteiger partial charge < -0.3 is 10.3 Å². The van der Waals surface area contributed by atoms with E-state index < -0.39 is 0 Å². The molecule has 0 unspecified atom stereocenters. The number of aryl methyl sites for hydroxylation is 1. The van der Waals surface area contributed by atoms with Crippen LogP contribution in [-0.4, -0.2) is 20.5 Å². The third-order valence-corrected chi connectivity index (χ3v) is 3.76. The van der Waals surface area contributed by atoms with Crippen LogP contribution < -0.4 is 5.73 Å². The van der Waals surface area contributed by atoms with Gasteiger partial charge in [0.15, 0.2) is 0 Å². The fourth-order valence-corrected chi connectivity index (χ4v) is 2.70. The molecule has 3 rings (SSSR count). The van der Waals surface area contributed by atoms with Crippen LogP contribution in [-0.2, 0) is 13.5 Å². The molecular formula is C15H20N4. The predicted octanol–water partition coefficient (Wildman–Crippen LogP) is 2.45. The fraction of sp³-hybridized carbons (Fsp3) is 0.400. The van der Waals surface area contributed by atoms with Crippen molar-refractivity contribution < 1.29 is 0 Å². The van der Waals surface area contributed by atoms with Crippen molar-refractivity contribution in [1.29, 1.82) is 0 Å². The lowest BCUT2D eigenvalue weighted by molar-refractivity contribution is 0.819. The molecule has 2 aromatic heterocycles. The van der Waals surface area contributed by atoms with Crippen molar-refractivity contribution in [2.45, 2.75) is 26.2 Å². The van der Waals surface area contributed by atoms with Crippen molar-refractivity contribution in [3.63, 3.8) is 0 Å². The van der Waals surface area contributed by atoms with E-state index in [4.69, 9.17) is 10.7 Å². The molecule has 0 saturated carbocycles. The lowest BCUT2D eigenvalue weighted by Crippen LogP contribution is -2.06. The summed E-state index contributed by atoms with van der Waals surface area (Å²) in [5.41, 5.74) is 10.5. The Kier molecular flexibility index (Phi) is 2.82. The summed E-state index contributed by atoms with van der Waals surface area (Å²) in [4.78, 5) is 4.82. The molecule has 1 aromatic carbocycles. The first kappa shape index (κ1) is 12.2. The minimum absolute atomic E-state index is 0.483. The number of imidazole rings is 2. The molecular weight excluding hydrogens is 236 g/mol. The fourth-order valence-electron chi connectivity index (χ4n) is 2.70. The zero-order chi connectivity index (χ0) is 13.6. The lowest BCUT2D eigenvalue weighted by Gasteiger charge is -2.05. The van der Waals surface area contributed by atoms with E-state index in [1.165, 1.54) is 16.8 Å². The summed E-state index contributed by atoms with van der Waals surface area (Å²) in [6.45, 7) is 5.08. The van der Waals surface area contributed by atoms with E-state index in [1.807, 2.05) is 0 Å². The third-order valence-electron chi connectivity index (χ3n) is 3.76. The molecule has 0 bridgehead atoms. The molecule has 0 amide bonds. The monoisotopic (exact) mass is 256 g/mol. The zero-order valence-corrected chi connectivity index (χ0v) is 11.7. The summed E-state index contributed by atoms with van der Waals surface area (Å²) in [6, 6.07) is 6.41. The largest absolute Gasteiger partial charge is 0.330 e. The summed E-state index contributed by atoms with van der Waals surface area (Å²) < 4.78 is 4.31. The molecule has 2 N–H and O–H groups in total. The quantitative estimate of drug-likeness (QED) is 0.782. The highest BCUT2D eigenvalue weighted by atomic mass is 15.2. The molecule has 0 aliphatic carbocycles. The molecule has 100 valence electrons. The van der Waals surface area contributed by atoms with Crippen molar-refractivity contribution in [2.24, 2.45) is 12.8 Å². The van der Waals surface area contributed by atoms with Crippen LogP contribution in [0.25, 0.3) is 16.8 Å². The molecule has 19 heavy (non-hydrogen) atoms. The number of aromatic nitrogens is 3. The topological polar surface area (TPSA) is 48.2 Å². The third kappa shape index (κ3) is 1.75. The average molecular weight is 256 g/mol. The Hall–Kier alpha value is -1.81. The van der Waals surface area contributed by atoms with Crippen molar-refractivity contribution in [3.8, 4) is 0 Å². The standard InChI is InChI=1S/C15H20N4/c1-10(2)12-5-4-6-13-14(12)17-15-18(3)11(7-8-16)9-19(13)15/h4-6,9-10H,7-8,16H2,1-3H3. The van der Waals surface area contributed by atoms with Crippen LogP contribution in [0.4, 0.5) is 0 Å². The molecule has 0 atom stereocenters. The Labute approximate surface area is 112 Å². The number of nitrogens with two attached hydrogens (primary N) is 1. The molecule has 0 aliphatic rings. The molecule has 0 aliphatic heterocycles. The molecule has 0 saturated heterocycles. The maximum atomic E-state index is 5.65. The van der Waals surface area contributed by atoms with Crippen LogP contribution in [0, 0.1) is 0 Å². The molecule has 0 spiro atoms. The van der Waals surface area contributed by atoms with Crippen molar-refractivity contribution >= 4 is 16.8 Å². The molecule has 0 fully saturated rings. The van der Waals surface area contributed by atoms with Gasteiger partial charge in [-0.15, -0.1) is 0 Å². The Morgan fingerprint density at radius 2 is 2.11 bits per heavy atom. The number of nitrogens with zero attached hydrogens (tertiary/aromatic N) is 3. The summed E-state index contributed by atoms with van der Waals surface area (Å²) in [5.74, 6) is 1.48. The first-order valence-corrected chi connectivity index (χ1v) is 6.78. The van der Waals surface area contributed by atoms with E-state index in [2.05, 4.69) is 54.3 Å². The molecule has 4 heteroatoms. The van der Waals surface area contributed by atoms with Gasteiger partial charge in [-0.3, -0.25) is 4.40 Å². The highest BCUT2D eigenvalue weighted by Gasteiger charge is 2.14. The Morgan fingerprint density at radius 3 is 2.79 bits per heavy atom. The van der Waals surface area contributed by atoms with Gasteiger partial charge in [-0.25, -0.2) is 4.98 Å². The highest BCUT2D eigenvalue weighted by Crippen LogP contribution is 2.26. The maximum absolute atomic E-state index is 5.65. The van der Waals surface area contributed by atoms with Gasteiger partial charge in [-0.1, -0.05) is 26.0 Å². The normalized spacial score (nSPS) is 12.1. The highest BCUT2D eigenvalue weighted by molar-refractivity contribution is 5.83. The molecule has 0 radical (unpaired) electrons. The number of benzene rings is 1. The average Bonchev–Trinajstić information content (AvgIpc) is 2.88. The van der Waals surface area contributed by atoms with Crippen LogP contribution in [0.5, 0.6) is 0 Å². The predicted molar refractivity (Wildman–Crippen MR) is 78.5 cm³/mol. The SMILES string of the molecule is CC(C)c1cccc2c1nc1n(C)c(CCN)cn21. The van der Waals surface area contributed by atoms with Gasteiger partial charge in [0.05, 0.1) is 11.0 Å². The second kappa shape index (κ2) is 4.38. The number of fused-ring (bicyclic) bond motifs is 3. The number of para-hydroxylation sites is 1.